The number of aliphatic hydroxyl groups is 1. The number of ketones is 1. The standard InChI is InChI=1S/C28H23FN2O4/c1-3-14-35-23-13-8-20(15-17(23)2)26(32)24-25(19-6-9-21(29)10-7-19)31(28(34)27(24)33)22-11-4-18(16-30)5-12-22/h4-13,15,25,32H,3,14H2,1-2H3/b26-24-. The van der Waals surface area contributed by atoms with Gasteiger partial charge < -0.3 is 9.84 Å². The number of nitrogens with zero attached hydrogens (tertiary/aromatic N) is 2. The number of aliphatic hydroxyl groups excluding tert-OH is 1. The Morgan fingerprint density at radius 3 is 2.37 bits per heavy atom. The lowest BCUT2D eigenvalue weighted by molar-refractivity contribution is -0.132. The van der Waals surface area contributed by atoms with E-state index in [1.54, 1.807) is 30.3 Å². The highest BCUT2D eigenvalue weighted by Crippen LogP contribution is 2.42. The molecule has 176 valence electrons. The van der Waals surface area contributed by atoms with Gasteiger partial charge in [-0.05, 0) is 79.1 Å². The number of halogens is 1. The second kappa shape index (κ2) is 9.82. The summed E-state index contributed by atoms with van der Waals surface area (Å²) in [7, 11) is 0. The molecule has 0 bridgehead atoms. The van der Waals surface area contributed by atoms with Crippen molar-refractivity contribution in [1.82, 2.24) is 0 Å². The first-order valence-corrected chi connectivity index (χ1v) is 11.2. The van der Waals surface area contributed by atoms with Crippen LogP contribution in [0.2, 0.25) is 0 Å². The zero-order chi connectivity index (χ0) is 25.1. The number of Topliss-reactive ketones (excluding diaryl/α,β-unsaturated/α-hetero) is 1. The molecule has 0 saturated carbocycles. The topological polar surface area (TPSA) is 90.6 Å². The Hall–Kier alpha value is -4.44. The SMILES string of the molecule is CCCOc1ccc(/C(O)=C2/C(=O)C(=O)N(c3ccc(C#N)cc3)C2c2ccc(F)cc2)cc1C. The third kappa shape index (κ3) is 4.51. The molecule has 7 heteroatoms. The predicted octanol–water partition coefficient (Wildman–Crippen LogP) is 5.42. The molecule has 3 aromatic rings. The summed E-state index contributed by atoms with van der Waals surface area (Å²) in [6.07, 6.45) is 0.845. The van der Waals surface area contributed by atoms with Crippen molar-refractivity contribution >= 4 is 23.1 Å². The summed E-state index contributed by atoms with van der Waals surface area (Å²) in [5, 5.41) is 20.4. The van der Waals surface area contributed by atoms with Gasteiger partial charge in [0.1, 0.15) is 17.3 Å². The molecular weight excluding hydrogens is 447 g/mol. The number of amides is 1. The lowest BCUT2D eigenvalue weighted by atomic mass is 9.94. The average Bonchev–Trinajstić information content (AvgIpc) is 3.13. The lowest BCUT2D eigenvalue weighted by Crippen LogP contribution is -2.29. The molecule has 0 radical (unpaired) electrons. The van der Waals surface area contributed by atoms with Crippen LogP contribution in [0.25, 0.3) is 5.76 Å². The van der Waals surface area contributed by atoms with E-state index in [0.717, 1.165) is 12.0 Å². The van der Waals surface area contributed by atoms with Crippen molar-refractivity contribution in [3.05, 3.63) is 100 Å². The van der Waals surface area contributed by atoms with Crippen LogP contribution in [0, 0.1) is 24.1 Å². The van der Waals surface area contributed by atoms with Crippen molar-refractivity contribution in [3.63, 3.8) is 0 Å². The smallest absolute Gasteiger partial charge is 0.300 e. The minimum atomic E-state index is -0.986. The van der Waals surface area contributed by atoms with Gasteiger partial charge in [0.25, 0.3) is 11.7 Å². The highest BCUT2D eigenvalue weighted by Gasteiger charge is 2.47. The number of hydrogen-bond donors (Lipinski definition) is 1. The van der Waals surface area contributed by atoms with Crippen LogP contribution in [0.1, 0.15) is 41.6 Å². The van der Waals surface area contributed by atoms with Crippen LogP contribution in [-0.2, 0) is 9.59 Å². The van der Waals surface area contributed by atoms with Gasteiger partial charge in [-0.25, -0.2) is 4.39 Å². The monoisotopic (exact) mass is 470 g/mol. The Morgan fingerprint density at radius 1 is 1.09 bits per heavy atom. The minimum absolute atomic E-state index is 0.104. The minimum Gasteiger partial charge on any atom is -0.507 e. The van der Waals surface area contributed by atoms with Gasteiger partial charge in [-0.3, -0.25) is 14.5 Å². The van der Waals surface area contributed by atoms with E-state index < -0.39 is 23.5 Å². The fourth-order valence-electron chi connectivity index (χ4n) is 4.08. The number of hydrogen-bond acceptors (Lipinski definition) is 5. The zero-order valence-electron chi connectivity index (χ0n) is 19.3. The summed E-state index contributed by atoms with van der Waals surface area (Å²) < 4.78 is 19.4. The summed E-state index contributed by atoms with van der Waals surface area (Å²) in [5.74, 6) is -1.83. The number of ether oxygens (including phenoxy) is 1. The molecule has 0 aliphatic carbocycles. The third-order valence-corrected chi connectivity index (χ3v) is 5.81. The van der Waals surface area contributed by atoms with Crippen LogP contribution >= 0.6 is 0 Å². The van der Waals surface area contributed by atoms with E-state index in [-0.39, 0.29) is 11.3 Å². The number of nitriles is 1. The summed E-state index contributed by atoms with van der Waals surface area (Å²) in [6, 6.07) is 17.7. The molecule has 4 rings (SSSR count). The van der Waals surface area contributed by atoms with Crippen molar-refractivity contribution in [2.24, 2.45) is 0 Å². The van der Waals surface area contributed by atoms with E-state index in [4.69, 9.17) is 10.00 Å². The van der Waals surface area contributed by atoms with E-state index in [1.165, 1.54) is 41.3 Å². The number of rotatable bonds is 6. The van der Waals surface area contributed by atoms with E-state index in [9.17, 15) is 19.1 Å². The van der Waals surface area contributed by atoms with Gasteiger partial charge in [-0.15, -0.1) is 0 Å². The molecule has 1 atom stereocenters. The van der Waals surface area contributed by atoms with Crippen LogP contribution in [0.3, 0.4) is 0 Å². The van der Waals surface area contributed by atoms with Crippen LogP contribution in [0.5, 0.6) is 5.75 Å². The first kappa shape index (κ1) is 23.7. The van der Waals surface area contributed by atoms with Gasteiger partial charge in [0.15, 0.2) is 0 Å². The summed E-state index contributed by atoms with van der Waals surface area (Å²) in [6.45, 7) is 4.37. The number of anilines is 1. The maximum Gasteiger partial charge on any atom is 0.300 e. The van der Waals surface area contributed by atoms with Gasteiger partial charge in [0.05, 0.1) is 29.9 Å². The van der Waals surface area contributed by atoms with E-state index in [2.05, 4.69) is 0 Å². The molecule has 1 amide bonds. The molecule has 1 fully saturated rings. The molecule has 1 aliphatic rings. The van der Waals surface area contributed by atoms with Gasteiger partial charge in [-0.1, -0.05) is 19.1 Å². The number of carbonyl (C=O) groups is 2. The highest BCUT2D eigenvalue weighted by molar-refractivity contribution is 6.51. The molecule has 1 aliphatic heterocycles. The molecule has 1 unspecified atom stereocenters. The molecule has 1 saturated heterocycles. The maximum atomic E-state index is 13.7. The first-order valence-electron chi connectivity index (χ1n) is 11.2. The average molecular weight is 471 g/mol. The van der Waals surface area contributed by atoms with Crippen molar-refractivity contribution < 1.29 is 23.8 Å². The molecule has 1 heterocycles. The predicted molar refractivity (Wildman–Crippen MR) is 129 cm³/mol. The Kier molecular flexibility index (Phi) is 6.65. The Balaban J connectivity index is 1.86. The molecule has 0 aromatic heterocycles. The largest absolute Gasteiger partial charge is 0.507 e. The Morgan fingerprint density at radius 2 is 1.77 bits per heavy atom. The molecule has 6 nitrogen and oxygen atoms in total. The highest BCUT2D eigenvalue weighted by atomic mass is 19.1. The summed E-state index contributed by atoms with van der Waals surface area (Å²) in [4.78, 5) is 27.6. The first-order chi connectivity index (χ1) is 16.8. The summed E-state index contributed by atoms with van der Waals surface area (Å²) in [5.41, 5.74) is 2.24. The van der Waals surface area contributed by atoms with Crippen molar-refractivity contribution in [3.8, 4) is 11.8 Å². The van der Waals surface area contributed by atoms with Crippen molar-refractivity contribution in [1.29, 1.82) is 5.26 Å². The zero-order valence-corrected chi connectivity index (χ0v) is 19.3. The second-order valence-corrected chi connectivity index (χ2v) is 8.21. The number of carbonyl (C=O) groups excluding carboxylic acids is 2. The fourth-order valence-corrected chi connectivity index (χ4v) is 4.08. The molecule has 1 N–H and O–H groups in total. The van der Waals surface area contributed by atoms with E-state index >= 15 is 0 Å². The van der Waals surface area contributed by atoms with Crippen LogP contribution in [0.4, 0.5) is 10.1 Å². The van der Waals surface area contributed by atoms with Gasteiger partial charge >= 0.3 is 0 Å². The van der Waals surface area contributed by atoms with Crippen LogP contribution < -0.4 is 9.64 Å². The van der Waals surface area contributed by atoms with Crippen molar-refractivity contribution in [2.45, 2.75) is 26.3 Å². The van der Waals surface area contributed by atoms with Crippen LogP contribution in [0.15, 0.2) is 72.3 Å². The van der Waals surface area contributed by atoms with E-state index in [0.29, 0.717) is 34.7 Å². The molecule has 3 aromatic carbocycles. The quantitative estimate of drug-likeness (QED) is 0.295. The Bertz CT molecular complexity index is 1360. The Labute approximate surface area is 202 Å². The summed E-state index contributed by atoms with van der Waals surface area (Å²) >= 11 is 0. The van der Waals surface area contributed by atoms with Gasteiger partial charge in [0.2, 0.25) is 0 Å². The third-order valence-electron chi connectivity index (χ3n) is 5.81. The second-order valence-electron chi connectivity index (χ2n) is 8.21. The lowest BCUT2D eigenvalue weighted by Gasteiger charge is -2.25. The normalized spacial score (nSPS) is 16.9. The molecular formula is C28H23FN2O4. The van der Waals surface area contributed by atoms with Gasteiger partial charge in [-0.2, -0.15) is 5.26 Å². The number of aryl methyl sites for hydroxylation is 1. The molecule has 0 spiro atoms. The van der Waals surface area contributed by atoms with Crippen molar-refractivity contribution in [2.75, 3.05) is 11.5 Å². The van der Waals surface area contributed by atoms with Crippen LogP contribution in [-0.4, -0.2) is 23.4 Å². The van der Waals surface area contributed by atoms with E-state index in [1.807, 2.05) is 19.9 Å². The fraction of sp³-hybridized carbons (Fsp3) is 0.179. The maximum absolute atomic E-state index is 13.7. The van der Waals surface area contributed by atoms with Gasteiger partial charge in [0, 0.05) is 11.3 Å². The molecule has 35 heavy (non-hydrogen) atoms. The number of benzene rings is 3.